The molecule has 16 heavy (non-hydrogen) atoms. The summed E-state index contributed by atoms with van der Waals surface area (Å²) in [7, 11) is 1.94. The Morgan fingerprint density at radius 1 is 1.50 bits per heavy atom. The lowest BCUT2D eigenvalue weighted by molar-refractivity contribution is 0.487. The zero-order chi connectivity index (χ0) is 11.7. The molecule has 0 amide bonds. The van der Waals surface area contributed by atoms with Gasteiger partial charge < -0.3 is 10.2 Å². The van der Waals surface area contributed by atoms with E-state index < -0.39 is 0 Å². The van der Waals surface area contributed by atoms with Gasteiger partial charge in [-0.3, -0.25) is 4.68 Å². The van der Waals surface area contributed by atoms with E-state index >= 15 is 0 Å². The van der Waals surface area contributed by atoms with Crippen molar-refractivity contribution in [2.45, 2.75) is 26.3 Å². The van der Waals surface area contributed by atoms with E-state index in [-0.39, 0.29) is 6.04 Å². The highest BCUT2D eigenvalue weighted by atomic mass is 16.3. The average Bonchev–Trinajstić information content (AvgIpc) is 2.77. The van der Waals surface area contributed by atoms with Crippen LogP contribution in [0.25, 0.3) is 0 Å². The average molecular weight is 219 g/mol. The van der Waals surface area contributed by atoms with Crippen LogP contribution in [0.5, 0.6) is 0 Å². The summed E-state index contributed by atoms with van der Waals surface area (Å²) in [6.07, 6.45) is 2.38. The van der Waals surface area contributed by atoms with Crippen LogP contribution in [-0.2, 0) is 13.5 Å². The lowest BCUT2D eigenvalue weighted by atomic mass is 10.0. The lowest BCUT2D eigenvalue weighted by Gasteiger charge is -2.10. The van der Waals surface area contributed by atoms with Gasteiger partial charge in [0.1, 0.15) is 5.76 Å². The predicted octanol–water partition coefficient (Wildman–Crippen LogP) is 1.87. The molecular weight excluding hydrogens is 202 g/mol. The van der Waals surface area contributed by atoms with Crippen molar-refractivity contribution in [1.82, 2.24) is 9.78 Å². The van der Waals surface area contributed by atoms with Gasteiger partial charge >= 0.3 is 0 Å². The predicted molar refractivity (Wildman–Crippen MR) is 62.0 cm³/mol. The summed E-state index contributed by atoms with van der Waals surface area (Å²) in [5, 5.41) is 4.37. The number of furan rings is 1. The third-order valence-electron chi connectivity index (χ3n) is 2.94. The molecular formula is C12H17N3O. The monoisotopic (exact) mass is 219 g/mol. The number of hydrogen-bond acceptors (Lipinski definition) is 3. The first-order valence-electron chi connectivity index (χ1n) is 5.37. The van der Waals surface area contributed by atoms with Crippen LogP contribution in [0, 0.1) is 13.8 Å². The molecule has 1 unspecified atom stereocenters. The molecule has 0 aliphatic heterocycles. The van der Waals surface area contributed by atoms with Gasteiger partial charge in [-0.2, -0.15) is 5.10 Å². The molecule has 0 aliphatic rings. The number of nitrogens with zero attached hydrogens (tertiary/aromatic N) is 2. The van der Waals surface area contributed by atoms with Crippen molar-refractivity contribution >= 4 is 0 Å². The Labute approximate surface area is 95.1 Å². The van der Waals surface area contributed by atoms with Crippen LogP contribution in [0.15, 0.2) is 22.8 Å². The molecule has 0 spiro atoms. The number of rotatable bonds is 3. The SMILES string of the molecule is Cc1nn(C)c(C)c1C(N)Cc1ccco1. The van der Waals surface area contributed by atoms with Crippen LogP contribution in [0.2, 0.25) is 0 Å². The Bertz CT molecular complexity index is 471. The smallest absolute Gasteiger partial charge is 0.105 e. The molecule has 4 nitrogen and oxygen atoms in total. The highest BCUT2D eigenvalue weighted by molar-refractivity contribution is 5.28. The first-order valence-corrected chi connectivity index (χ1v) is 5.37. The van der Waals surface area contributed by atoms with E-state index in [1.807, 2.05) is 37.7 Å². The van der Waals surface area contributed by atoms with Crippen molar-refractivity contribution < 1.29 is 4.42 Å². The van der Waals surface area contributed by atoms with Crippen molar-refractivity contribution in [1.29, 1.82) is 0 Å². The molecule has 0 fully saturated rings. The Morgan fingerprint density at radius 2 is 2.25 bits per heavy atom. The zero-order valence-corrected chi connectivity index (χ0v) is 9.90. The van der Waals surface area contributed by atoms with Gasteiger partial charge in [0.05, 0.1) is 12.0 Å². The second kappa shape index (κ2) is 4.14. The summed E-state index contributed by atoms with van der Waals surface area (Å²) >= 11 is 0. The molecule has 86 valence electrons. The third kappa shape index (κ3) is 1.88. The molecule has 2 aromatic heterocycles. The summed E-state index contributed by atoms with van der Waals surface area (Å²) in [5.41, 5.74) is 9.43. The van der Waals surface area contributed by atoms with Crippen LogP contribution in [0.1, 0.15) is 28.8 Å². The standard InChI is InChI=1S/C12H17N3O/c1-8-12(9(2)15(3)14-8)11(13)7-10-5-4-6-16-10/h4-6,11H,7,13H2,1-3H3. The van der Waals surface area contributed by atoms with Crippen LogP contribution >= 0.6 is 0 Å². The van der Waals surface area contributed by atoms with E-state index in [1.165, 1.54) is 0 Å². The Kier molecular flexibility index (Phi) is 2.83. The van der Waals surface area contributed by atoms with Gasteiger partial charge in [0.25, 0.3) is 0 Å². The number of aryl methyl sites for hydroxylation is 2. The highest BCUT2D eigenvalue weighted by Gasteiger charge is 2.17. The molecule has 0 radical (unpaired) electrons. The van der Waals surface area contributed by atoms with Gasteiger partial charge in [-0.05, 0) is 26.0 Å². The molecule has 2 heterocycles. The minimum absolute atomic E-state index is 0.0557. The topological polar surface area (TPSA) is 57.0 Å². The molecule has 1 atom stereocenters. The maximum Gasteiger partial charge on any atom is 0.105 e. The quantitative estimate of drug-likeness (QED) is 0.857. The fourth-order valence-corrected chi connectivity index (χ4v) is 2.07. The first-order chi connectivity index (χ1) is 7.59. The van der Waals surface area contributed by atoms with Gasteiger partial charge in [-0.25, -0.2) is 0 Å². The zero-order valence-electron chi connectivity index (χ0n) is 9.90. The Balaban J connectivity index is 2.24. The summed E-state index contributed by atoms with van der Waals surface area (Å²) < 4.78 is 7.17. The molecule has 2 N–H and O–H groups in total. The maximum absolute atomic E-state index is 6.19. The van der Waals surface area contributed by atoms with E-state index in [9.17, 15) is 0 Å². The van der Waals surface area contributed by atoms with E-state index in [0.29, 0.717) is 6.42 Å². The van der Waals surface area contributed by atoms with Crippen molar-refractivity contribution in [3.8, 4) is 0 Å². The number of nitrogens with two attached hydrogens (primary N) is 1. The molecule has 0 aliphatic carbocycles. The normalized spacial score (nSPS) is 13.0. The molecule has 2 aromatic rings. The van der Waals surface area contributed by atoms with E-state index in [4.69, 9.17) is 10.2 Å². The van der Waals surface area contributed by atoms with Crippen molar-refractivity contribution in [3.05, 3.63) is 41.1 Å². The fourth-order valence-electron chi connectivity index (χ4n) is 2.07. The lowest BCUT2D eigenvalue weighted by Crippen LogP contribution is -2.15. The Hall–Kier alpha value is -1.55. The van der Waals surface area contributed by atoms with E-state index in [2.05, 4.69) is 5.10 Å². The van der Waals surface area contributed by atoms with Gasteiger partial charge in [0.2, 0.25) is 0 Å². The van der Waals surface area contributed by atoms with Crippen LogP contribution in [0.3, 0.4) is 0 Å². The second-order valence-corrected chi connectivity index (χ2v) is 4.10. The maximum atomic E-state index is 6.19. The van der Waals surface area contributed by atoms with Gasteiger partial charge in [-0.15, -0.1) is 0 Å². The van der Waals surface area contributed by atoms with E-state index in [0.717, 1.165) is 22.7 Å². The van der Waals surface area contributed by atoms with Gasteiger partial charge in [0, 0.05) is 30.8 Å². The molecule has 0 saturated heterocycles. The van der Waals surface area contributed by atoms with E-state index in [1.54, 1.807) is 6.26 Å². The summed E-state index contributed by atoms with van der Waals surface area (Å²) in [6, 6.07) is 3.77. The molecule has 2 rings (SSSR count). The minimum atomic E-state index is -0.0557. The largest absolute Gasteiger partial charge is 0.469 e. The first kappa shape index (κ1) is 11.0. The molecule has 0 aromatic carbocycles. The van der Waals surface area contributed by atoms with Crippen LogP contribution in [-0.4, -0.2) is 9.78 Å². The van der Waals surface area contributed by atoms with Crippen molar-refractivity contribution in [2.24, 2.45) is 12.8 Å². The molecule has 0 saturated carbocycles. The van der Waals surface area contributed by atoms with Crippen molar-refractivity contribution in [2.75, 3.05) is 0 Å². The second-order valence-electron chi connectivity index (χ2n) is 4.10. The van der Waals surface area contributed by atoms with Gasteiger partial charge in [0.15, 0.2) is 0 Å². The Morgan fingerprint density at radius 3 is 2.75 bits per heavy atom. The fraction of sp³-hybridized carbons (Fsp3) is 0.417. The van der Waals surface area contributed by atoms with Crippen LogP contribution in [0.4, 0.5) is 0 Å². The summed E-state index contributed by atoms with van der Waals surface area (Å²) in [4.78, 5) is 0. The molecule has 4 heteroatoms. The number of aromatic nitrogens is 2. The van der Waals surface area contributed by atoms with Crippen LogP contribution < -0.4 is 5.73 Å². The van der Waals surface area contributed by atoms with Gasteiger partial charge in [-0.1, -0.05) is 0 Å². The summed E-state index contributed by atoms with van der Waals surface area (Å²) in [6.45, 7) is 4.03. The highest BCUT2D eigenvalue weighted by Crippen LogP contribution is 2.22. The van der Waals surface area contributed by atoms with Crippen molar-refractivity contribution in [3.63, 3.8) is 0 Å². The minimum Gasteiger partial charge on any atom is -0.469 e. The third-order valence-corrected chi connectivity index (χ3v) is 2.94. The molecule has 0 bridgehead atoms. The number of hydrogen-bond donors (Lipinski definition) is 1. The summed E-state index contributed by atoms with van der Waals surface area (Å²) in [5.74, 6) is 0.912.